The Hall–Kier alpha value is -1.40. The molecule has 1 aliphatic carbocycles. The Morgan fingerprint density at radius 3 is 2.57 bits per heavy atom. The quantitative estimate of drug-likeness (QED) is 0.871. The van der Waals surface area contributed by atoms with E-state index in [1.165, 1.54) is 6.07 Å². The largest absolute Gasteiger partial charge is 0.310 e. The maximum absolute atomic E-state index is 13.6. The second-order valence-electron chi connectivity index (χ2n) is 6.60. The maximum atomic E-state index is 13.6. The first-order valence-electron chi connectivity index (χ1n) is 7.91. The van der Waals surface area contributed by atoms with Gasteiger partial charge in [0, 0.05) is 24.6 Å². The minimum Gasteiger partial charge on any atom is -0.310 e. The lowest BCUT2D eigenvalue weighted by molar-refractivity contribution is 0.105. The van der Waals surface area contributed by atoms with E-state index in [2.05, 4.69) is 25.2 Å². The third kappa shape index (κ3) is 3.83. The standard InChI is InChI=1S/C18H25FN2/c1-14(2)18(11-12-20)9-7-16(8-10-18)21-13-15-5-3-4-6-17(15)19/h3-6,14,16,21H,7-11,13H2,1-2H3/t16-,18-. The molecule has 1 saturated carbocycles. The average molecular weight is 288 g/mol. The van der Waals surface area contributed by atoms with E-state index in [0.717, 1.165) is 31.2 Å². The van der Waals surface area contributed by atoms with Crippen LogP contribution in [0.25, 0.3) is 0 Å². The third-order valence-corrected chi connectivity index (χ3v) is 5.18. The molecular weight excluding hydrogens is 263 g/mol. The van der Waals surface area contributed by atoms with E-state index >= 15 is 0 Å². The summed E-state index contributed by atoms with van der Waals surface area (Å²) in [5.74, 6) is 0.409. The molecular formula is C18H25FN2. The molecule has 1 aromatic carbocycles. The van der Waals surface area contributed by atoms with Gasteiger partial charge in [-0.25, -0.2) is 4.39 Å². The summed E-state index contributed by atoms with van der Waals surface area (Å²) in [6.07, 6.45) is 4.99. The number of benzene rings is 1. The van der Waals surface area contributed by atoms with Crippen molar-refractivity contribution >= 4 is 0 Å². The first-order valence-corrected chi connectivity index (χ1v) is 7.91. The molecule has 2 rings (SSSR count). The topological polar surface area (TPSA) is 35.8 Å². The van der Waals surface area contributed by atoms with Crippen LogP contribution in [0.5, 0.6) is 0 Å². The Labute approximate surface area is 127 Å². The van der Waals surface area contributed by atoms with Crippen LogP contribution in [0, 0.1) is 28.5 Å². The van der Waals surface area contributed by atoms with Gasteiger partial charge in [-0.3, -0.25) is 0 Å². The Morgan fingerprint density at radius 2 is 2.00 bits per heavy atom. The molecule has 1 aliphatic rings. The van der Waals surface area contributed by atoms with Crippen molar-refractivity contribution in [3.8, 4) is 6.07 Å². The van der Waals surface area contributed by atoms with Crippen LogP contribution in [-0.4, -0.2) is 6.04 Å². The number of nitrogens with one attached hydrogen (secondary N) is 1. The van der Waals surface area contributed by atoms with E-state index in [4.69, 9.17) is 5.26 Å². The van der Waals surface area contributed by atoms with Crippen LogP contribution in [0.4, 0.5) is 4.39 Å². The monoisotopic (exact) mass is 288 g/mol. The first-order chi connectivity index (χ1) is 10.1. The average Bonchev–Trinajstić information content (AvgIpc) is 2.48. The highest BCUT2D eigenvalue weighted by Gasteiger charge is 2.37. The Balaban J connectivity index is 1.87. The van der Waals surface area contributed by atoms with Gasteiger partial charge in [-0.1, -0.05) is 32.0 Å². The van der Waals surface area contributed by atoms with Crippen LogP contribution in [0.1, 0.15) is 51.5 Å². The van der Waals surface area contributed by atoms with Crippen molar-refractivity contribution in [2.75, 3.05) is 0 Å². The van der Waals surface area contributed by atoms with E-state index in [0.29, 0.717) is 24.9 Å². The minimum atomic E-state index is -0.137. The van der Waals surface area contributed by atoms with E-state index in [9.17, 15) is 4.39 Å². The predicted molar refractivity (Wildman–Crippen MR) is 83.0 cm³/mol. The normalized spacial score (nSPS) is 25.8. The van der Waals surface area contributed by atoms with Crippen LogP contribution in [-0.2, 0) is 6.54 Å². The number of hydrogen-bond acceptors (Lipinski definition) is 2. The van der Waals surface area contributed by atoms with Crippen molar-refractivity contribution in [1.82, 2.24) is 5.32 Å². The molecule has 0 amide bonds. The van der Waals surface area contributed by atoms with Gasteiger partial charge in [0.2, 0.25) is 0 Å². The van der Waals surface area contributed by atoms with Crippen molar-refractivity contribution < 1.29 is 4.39 Å². The van der Waals surface area contributed by atoms with Gasteiger partial charge in [-0.15, -0.1) is 0 Å². The van der Waals surface area contributed by atoms with Crippen molar-refractivity contribution in [3.05, 3.63) is 35.6 Å². The van der Waals surface area contributed by atoms with Gasteiger partial charge < -0.3 is 5.32 Å². The molecule has 0 heterocycles. The van der Waals surface area contributed by atoms with Gasteiger partial charge in [0.05, 0.1) is 6.07 Å². The van der Waals surface area contributed by atoms with Gasteiger partial charge >= 0.3 is 0 Å². The van der Waals surface area contributed by atoms with Gasteiger partial charge in [0.15, 0.2) is 0 Å². The Morgan fingerprint density at radius 1 is 1.33 bits per heavy atom. The number of rotatable bonds is 5. The zero-order chi connectivity index (χ0) is 15.3. The summed E-state index contributed by atoms with van der Waals surface area (Å²) in [6.45, 7) is 5.04. The summed E-state index contributed by atoms with van der Waals surface area (Å²) in [5.41, 5.74) is 0.917. The molecule has 0 atom stereocenters. The molecule has 1 fully saturated rings. The lowest BCUT2D eigenvalue weighted by Gasteiger charge is -2.42. The molecule has 0 aromatic heterocycles. The zero-order valence-corrected chi connectivity index (χ0v) is 13.0. The fourth-order valence-corrected chi connectivity index (χ4v) is 3.41. The highest BCUT2D eigenvalue weighted by atomic mass is 19.1. The maximum Gasteiger partial charge on any atom is 0.127 e. The van der Waals surface area contributed by atoms with Gasteiger partial charge in [-0.2, -0.15) is 5.26 Å². The molecule has 2 nitrogen and oxygen atoms in total. The van der Waals surface area contributed by atoms with Crippen molar-refractivity contribution in [3.63, 3.8) is 0 Å². The SMILES string of the molecule is CC(C)[C@]1(CC#N)CC[C@@H](NCc2ccccc2F)CC1. The number of hydrogen-bond donors (Lipinski definition) is 1. The lowest BCUT2D eigenvalue weighted by atomic mass is 9.64. The fraction of sp³-hybridized carbons (Fsp3) is 0.611. The van der Waals surface area contributed by atoms with Crippen molar-refractivity contribution in [2.45, 2.75) is 58.5 Å². The molecule has 1 N–H and O–H groups in total. The molecule has 0 unspecified atom stereocenters. The highest BCUT2D eigenvalue weighted by Crippen LogP contribution is 2.45. The summed E-state index contributed by atoms with van der Waals surface area (Å²) in [7, 11) is 0. The number of nitriles is 1. The second-order valence-corrected chi connectivity index (χ2v) is 6.60. The first kappa shape index (κ1) is 16.0. The third-order valence-electron chi connectivity index (χ3n) is 5.18. The molecule has 3 heteroatoms. The summed E-state index contributed by atoms with van der Waals surface area (Å²) in [5, 5.41) is 12.5. The van der Waals surface area contributed by atoms with E-state index < -0.39 is 0 Å². The highest BCUT2D eigenvalue weighted by molar-refractivity contribution is 5.17. The van der Waals surface area contributed by atoms with Gasteiger partial charge in [0.25, 0.3) is 0 Å². The second kappa shape index (κ2) is 7.04. The fourth-order valence-electron chi connectivity index (χ4n) is 3.41. The molecule has 0 bridgehead atoms. The van der Waals surface area contributed by atoms with Crippen LogP contribution in [0.3, 0.4) is 0 Å². The summed E-state index contributed by atoms with van der Waals surface area (Å²) in [6, 6.07) is 9.74. The summed E-state index contributed by atoms with van der Waals surface area (Å²) < 4.78 is 13.6. The molecule has 0 radical (unpaired) electrons. The summed E-state index contributed by atoms with van der Waals surface area (Å²) in [4.78, 5) is 0. The number of nitrogens with zero attached hydrogens (tertiary/aromatic N) is 1. The minimum absolute atomic E-state index is 0.137. The molecule has 0 aliphatic heterocycles. The summed E-state index contributed by atoms with van der Waals surface area (Å²) >= 11 is 0. The smallest absolute Gasteiger partial charge is 0.127 e. The molecule has 0 spiro atoms. The number of halogens is 1. The van der Waals surface area contributed by atoms with E-state index in [1.54, 1.807) is 6.07 Å². The molecule has 1 aromatic rings. The van der Waals surface area contributed by atoms with Crippen molar-refractivity contribution in [2.24, 2.45) is 11.3 Å². The van der Waals surface area contributed by atoms with E-state index in [-0.39, 0.29) is 11.2 Å². The predicted octanol–water partition coefficient (Wildman–Crippen LogP) is 4.41. The molecule has 21 heavy (non-hydrogen) atoms. The molecule has 114 valence electrons. The molecule has 0 saturated heterocycles. The van der Waals surface area contributed by atoms with E-state index in [1.807, 2.05) is 12.1 Å². The van der Waals surface area contributed by atoms with Crippen LogP contribution in [0.2, 0.25) is 0 Å². The van der Waals surface area contributed by atoms with Gasteiger partial charge in [-0.05, 0) is 43.1 Å². The Bertz CT molecular complexity index is 496. The van der Waals surface area contributed by atoms with Crippen molar-refractivity contribution in [1.29, 1.82) is 5.26 Å². The Kier molecular flexibility index (Phi) is 5.36. The van der Waals surface area contributed by atoms with Gasteiger partial charge in [0.1, 0.15) is 5.82 Å². The lowest BCUT2D eigenvalue weighted by Crippen LogP contribution is -2.39. The zero-order valence-electron chi connectivity index (χ0n) is 13.0. The van der Waals surface area contributed by atoms with Crippen LogP contribution < -0.4 is 5.32 Å². The van der Waals surface area contributed by atoms with Crippen LogP contribution >= 0.6 is 0 Å². The van der Waals surface area contributed by atoms with Crippen LogP contribution in [0.15, 0.2) is 24.3 Å².